The van der Waals surface area contributed by atoms with Gasteiger partial charge in [-0.15, -0.1) is 0 Å². The molecule has 3 rings (SSSR count). The molecule has 2 aromatic carbocycles. The van der Waals surface area contributed by atoms with Crippen LogP contribution in [0.2, 0.25) is 0 Å². The highest BCUT2D eigenvalue weighted by molar-refractivity contribution is 7.91. The van der Waals surface area contributed by atoms with E-state index in [1.54, 1.807) is 12.1 Å². The largest absolute Gasteiger partial charge is 0.378 e. The van der Waals surface area contributed by atoms with Crippen LogP contribution in [0, 0.1) is 11.6 Å². The summed E-state index contributed by atoms with van der Waals surface area (Å²) in [7, 11) is -3.37. The van der Waals surface area contributed by atoms with E-state index in [9.17, 15) is 17.2 Å². The van der Waals surface area contributed by atoms with E-state index in [4.69, 9.17) is 0 Å². The number of fused-ring (bicyclic) bond motifs is 1. The monoisotopic (exact) mass is 309 g/mol. The first kappa shape index (κ1) is 14.0. The second-order valence-corrected chi connectivity index (χ2v) is 7.07. The van der Waals surface area contributed by atoms with E-state index in [1.807, 2.05) is 0 Å². The summed E-state index contributed by atoms with van der Waals surface area (Å²) in [6, 6.07) is 9.19. The summed E-state index contributed by atoms with van der Waals surface area (Å²) in [5, 5.41) is 3.07. The maximum atomic E-state index is 13.4. The number of hydrogen-bond acceptors (Lipinski definition) is 3. The van der Waals surface area contributed by atoms with Gasteiger partial charge in [-0.25, -0.2) is 17.2 Å². The van der Waals surface area contributed by atoms with E-state index in [0.717, 1.165) is 6.07 Å². The first-order chi connectivity index (χ1) is 9.95. The van der Waals surface area contributed by atoms with Gasteiger partial charge in [0.15, 0.2) is 9.84 Å². The van der Waals surface area contributed by atoms with Crippen molar-refractivity contribution < 1.29 is 17.2 Å². The number of nitrogens with one attached hydrogen (secondary N) is 1. The van der Waals surface area contributed by atoms with Crippen molar-refractivity contribution in [2.45, 2.75) is 17.4 Å². The molecule has 1 N–H and O–H groups in total. The molecular formula is C15H13F2NO2S. The molecule has 0 saturated heterocycles. The summed E-state index contributed by atoms with van der Waals surface area (Å²) in [5.41, 5.74) is 0.931. The minimum absolute atomic E-state index is 0.0153. The van der Waals surface area contributed by atoms with Crippen LogP contribution >= 0.6 is 0 Å². The second kappa shape index (κ2) is 5.11. The summed E-state index contributed by atoms with van der Waals surface area (Å²) in [4.78, 5) is 0.143. The Morgan fingerprint density at radius 3 is 2.57 bits per heavy atom. The molecular weight excluding hydrogens is 296 g/mol. The van der Waals surface area contributed by atoms with Crippen LogP contribution in [0.4, 0.5) is 14.5 Å². The molecule has 0 bridgehead atoms. The highest BCUT2D eigenvalue weighted by Crippen LogP contribution is 2.34. The van der Waals surface area contributed by atoms with Crippen LogP contribution in [0.25, 0.3) is 0 Å². The van der Waals surface area contributed by atoms with Gasteiger partial charge in [0.05, 0.1) is 16.7 Å². The molecule has 21 heavy (non-hydrogen) atoms. The van der Waals surface area contributed by atoms with E-state index < -0.39 is 15.7 Å². The van der Waals surface area contributed by atoms with Crippen LogP contribution in [0.1, 0.15) is 18.0 Å². The van der Waals surface area contributed by atoms with Gasteiger partial charge in [0.1, 0.15) is 11.6 Å². The Bertz CT molecular complexity index is 790. The number of benzene rings is 2. The predicted octanol–water partition coefficient (Wildman–Crippen LogP) is 3.30. The van der Waals surface area contributed by atoms with E-state index in [2.05, 4.69) is 5.32 Å². The zero-order chi connectivity index (χ0) is 15.0. The standard InChI is InChI=1S/C15H13F2NO2S/c16-10-2-1-3-12(8-10)18-14-6-7-21(19,20)15-5-4-11(17)9-13(14)15/h1-5,8-9,14,18H,6-7H2. The molecule has 1 heterocycles. The Balaban J connectivity index is 2.00. The fraction of sp³-hybridized carbons (Fsp3) is 0.200. The lowest BCUT2D eigenvalue weighted by atomic mass is 10.0. The van der Waals surface area contributed by atoms with Gasteiger partial charge in [-0.05, 0) is 48.4 Å². The Kier molecular flexibility index (Phi) is 3.41. The minimum atomic E-state index is -3.37. The maximum Gasteiger partial charge on any atom is 0.178 e. The van der Waals surface area contributed by atoms with Crippen LogP contribution in [0.3, 0.4) is 0 Å². The third kappa shape index (κ3) is 2.76. The van der Waals surface area contributed by atoms with Crippen LogP contribution < -0.4 is 5.32 Å². The first-order valence-corrected chi connectivity index (χ1v) is 8.15. The van der Waals surface area contributed by atoms with Gasteiger partial charge < -0.3 is 5.32 Å². The zero-order valence-electron chi connectivity index (χ0n) is 11.0. The third-order valence-electron chi connectivity index (χ3n) is 3.52. The second-order valence-electron chi connectivity index (χ2n) is 5.00. The molecule has 0 spiro atoms. The summed E-state index contributed by atoms with van der Waals surface area (Å²) in [5.74, 6) is -0.890. The van der Waals surface area contributed by atoms with Crippen molar-refractivity contribution in [1.29, 1.82) is 0 Å². The summed E-state index contributed by atoms with van der Waals surface area (Å²) < 4.78 is 50.7. The molecule has 1 atom stereocenters. The molecule has 110 valence electrons. The molecule has 1 aliphatic rings. The highest BCUT2D eigenvalue weighted by Gasteiger charge is 2.30. The molecule has 1 aliphatic heterocycles. The number of sulfone groups is 1. The summed E-state index contributed by atoms with van der Waals surface area (Å²) >= 11 is 0. The molecule has 1 unspecified atom stereocenters. The average Bonchev–Trinajstić information content (AvgIpc) is 2.42. The lowest BCUT2D eigenvalue weighted by Gasteiger charge is -2.27. The molecule has 0 aliphatic carbocycles. The van der Waals surface area contributed by atoms with Crippen LogP contribution in [-0.2, 0) is 9.84 Å². The molecule has 0 aromatic heterocycles. The Labute approximate surface area is 121 Å². The molecule has 6 heteroatoms. The van der Waals surface area contributed by atoms with Gasteiger partial charge in [-0.1, -0.05) is 6.07 Å². The molecule has 0 fully saturated rings. The lowest BCUT2D eigenvalue weighted by molar-refractivity contribution is 0.570. The van der Waals surface area contributed by atoms with E-state index >= 15 is 0 Å². The average molecular weight is 309 g/mol. The Morgan fingerprint density at radius 1 is 1.05 bits per heavy atom. The summed E-state index contributed by atoms with van der Waals surface area (Å²) in [6.45, 7) is 0. The van der Waals surface area contributed by atoms with Crippen LogP contribution in [0.5, 0.6) is 0 Å². The van der Waals surface area contributed by atoms with Crippen LogP contribution in [0.15, 0.2) is 47.4 Å². The topological polar surface area (TPSA) is 46.2 Å². The SMILES string of the molecule is O=S1(=O)CCC(Nc2cccc(F)c2)c2cc(F)ccc21. The van der Waals surface area contributed by atoms with Crippen molar-refractivity contribution in [3.05, 3.63) is 59.7 Å². The number of halogens is 2. The fourth-order valence-corrected chi connectivity index (χ4v) is 4.14. The van der Waals surface area contributed by atoms with Crippen molar-refractivity contribution in [1.82, 2.24) is 0 Å². The Morgan fingerprint density at radius 2 is 1.81 bits per heavy atom. The van der Waals surface area contributed by atoms with Gasteiger partial charge in [0, 0.05) is 5.69 Å². The third-order valence-corrected chi connectivity index (χ3v) is 5.34. The molecule has 0 radical (unpaired) electrons. The fourth-order valence-electron chi connectivity index (χ4n) is 2.54. The number of anilines is 1. The molecule has 2 aromatic rings. The number of hydrogen-bond donors (Lipinski definition) is 1. The van der Waals surface area contributed by atoms with Gasteiger partial charge in [-0.2, -0.15) is 0 Å². The molecule has 3 nitrogen and oxygen atoms in total. The predicted molar refractivity (Wildman–Crippen MR) is 75.8 cm³/mol. The van der Waals surface area contributed by atoms with Gasteiger partial charge >= 0.3 is 0 Å². The molecule has 0 amide bonds. The minimum Gasteiger partial charge on any atom is -0.378 e. The molecule has 0 saturated carbocycles. The maximum absolute atomic E-state index is 13.4. The van der Waals surface area contributed by atoms with Gasteiger partial charge in [-0.3, -0.25) is 0 Å². The Hall–Kier alpha value is -1.95. The first-order valence-electron chi connectivity index (χ1n) is 6.50. The van der Waals surface area contributed by atoms with Crippen LogP contribution in [-0.4, -0.2) is 14.2 Å². The van der Waals surface area contributed by atoms with E-state index in [0.29, 0.717) is 17.7 Å². The van der Waals surface area contributed by atoms with Crippen molar-refractivity contribution >= 4 is 15.5 Å². The van der Waals surface area contributed by atoms with Crippen molar-refractivity contribution in [2.24, 2.45) is 0 Å². The quantitative estimate of drug-likeness (QED) is 0.866. The smallest absolute Gasteiger partial charge is 0.178 e. The number of rotatable bonds is 2. The van der Waals surface area contributed by atoms with E-state index in [-0.39, 0.29) is 22.5 Å². The highest BCUT2D eigenvalue weighted by atomic mass is 32.2. The van der Waals surface area contributed by atoms with Crippen molar-refractivity contribution in [3.63, 3.8) is 0 Å². The normalized spacial score (nSPS) is 19.8. The van der Waals surface area contributed by atoms with Gasteiger partial charge in [0.25, 0.3) is 0 Å². The van der Waals surface area contributed by atoms with Crippen molar-refractivity contribution in [3.8, 4) is 0 Å². The summed E-state index contributed by atoms with van der Waals surface area (Å²) in [6.07, 6.45) is 0.315. The van der Waals surface area contributed by atoms with E-state index in [1.165, 1.54) is 24.3 Å². The van der Waals surface area contributed by atoms with Gasteiger partial charge in [0.2, 0.25) is 0 Å². The van der Waals surface area contributed by atoms with Crippen molar-refractivity contribution in [2.75, 3.05) is 11.1 Å². The zero-order valence-corrected chi connectivity index (χ0v) is 11.8. The lowest BCUT2D eigenvalue weighted by Crippen LogP contribution is -2.24.